The monoisotopic (exact) mass is 350 g/mol. The molecule has 0 atom stereocenters. The van der Waals surface area contributed by atoms with Gasteiger partial charge >= 0.3 is 5.97 Å². The molecular weight excluding hydrogens is 332 g/mol. The first-order valence-corrected chi connectivity index (χ1v) is 8.11. The maximum absolute atomic E-state index is 12.7. The molecule has 6 nitrogen and oxygen atoms in total. The van der Waals surface area contributed by atoms with Crippen LogP contribution in [-0.4, -0.2) is 30.1 Å². The number of esters is 1. The molecule has 0 saturated heterocycles. The van der Waals surface area contributed by atoms with E-state index in [-0.39, 0.29) is 17.5 Å². The van der Waals surface area contributed by atoms with Gasteiger partial charge in [-0.1, -0.05) is 42.5 Å². The van der Waals surface area contributed by atoms with Gasteiger partial charge in [0.15, 0.2) is 0 Å². The van der Waals surface area contributed by atoms with Crippen LogP contribution < -0.4 is 10.7 Å². The molecule has 1 N–H and O–H groups in total. The van der Waals surface area contributed by atoms with Crippen molar-refractivity contribution in [2.45, 2.75) is 6.54 Å². The molecule has 132 valence electrons. The van der Waals surface area contributed by atoms with Crippen molar-refractivity contribution in [1.82, 2.24) is 9.88 Å². The molecule has 0 aliphatic carbocycles. The first-order valence-electron chi connectivity index (χ1n) is 8.11. The normalized spacial score (nSPS) is 10.5. The van der Waals surface area contributed by atoms with Crippen LogP contribution in [-0.2, 0) is 16.1 Å². The van der Waals surface area contributed by atoms with Gasteiger partial charge in [-0.3, -0.25) is 14.4 Å². The van der Waals surface area contributed by atoms with Crippen molar-refractivity contribution in [2.75, 3.05) is 13.7 Å². The molecule has 0 radical (unpaired) electrons. The van der Waals surface area contributed by atoms with Crippen LogP contribution in [0.3, 0.4) is 0 Å². The highest BCUT2D eigenvalue weighted by Crippen LogP contribution is 2.14. The minimum Gasteiger partial charge on any atom is -0.468 e. The van der Waals surface area contributed by atoms with Gasteiger partial charge in [0.25, 0.3) is 5.91 Å². The van der Waals surface area contributed by atoms with E-state index in [1.54, 1.807) is 12.1 Å². The fourth-order valence-corrected chi connectivity index (χ4v) is 2.74. The number of nitrogens with one attached hydrogen (secondary N) is 1. The maximum atomic E-state index is 12.7. The zero-order chi connectivity index (χ0) is 18.5. The van der Waals surface area contributed by atoms with Crippen LogP contribution in [0.15, 0.2) is 65.6 Å². The number of carbonyl (C=O) groups excluding carboxylic acids is 2. The minimum atomic E-state index is -0.604. The van der Waals surface area contributed by atoms with Gasteiger partial charge in [0, 0.05) is 18.1 Å². The molecule has 2 aromatic carbocycles. The molecule has 0 fully saturated rings. The van der Waals surface area contributed by atoms with Crippen LogP contribution in [0.4, 0.5) is 0 Å². The highest BCUT2D eigenvalue weighted by molar-refractivity contribution is 5.98. The van der Waals surface area contributed by atoms with E-state index in [1.807, 2.05) is 47.0 Å². The summed E-state index contributed by atoms with van der Waals surface area (Å²) >= 11 is 0. The Morgan fingerprint density at radius 3 is 2.46 bits per heavy atom. The van der Waals surface area contributed by atoms with Gasteiger partial charge in [-0.15, -0.1) is 0 Å². The Kier molecular flexibility index (Phi) is 5.12. The minimum absolute atomic E-state index is 0.0106. The second-order valence-corrected chi connectivity index (χ2v) is 5.76. The van der Waals surface area contributed by atoms with Crippen molar-refractivity contribution >= 4 is 22.8 Å². The molecule has 1 amide bonds. The van der Waals surface area contributed by atoms with E-state index in [0.717, 1.165) is 11.1 Å². The molecule has 0 saturated carbocycles. The van der Waals surface area contributed by atoms with Gasteiger partial charge in [-0.2, -0.15) is 0 Å². The topological polar surface area (TPSA) is 77.4 Å². The Balaban J connectivity index is 2.04. The largest absolute Gasteiger partial charge is 0.468 e. The number of hydrogen-bond donors (Lipinski definition) is 1. The van der Waals surface area contributed by atoms with Crippen molar-refractivity contribution in [1.29, 1.82) is 0 Å². The third-order valence-electron chi connectivity index (χ3n) is 4.05. The predicted octanol–water partition coefficient (Wildman–Crippen LogP) is 1.95. The first kappa shape index (κ1) is 17.4. The van der Waals surface area contributed by atoms with Gasteiger partial charge < -0.3 is 14.6 Å². The highest BCUT2D eigenvalue weighted by Gasteiger charge is 2.16. The van der Waals surface area contributed by atoms with Crippen molar-refractivity contribution in [3.8, 4) is 0 Å². The SMILES string of the molecule is COC(=O)CNC(=O)c1cn(Cc2ccccc2)c2ccccc2c1=O. The van der Waals surface area contributed by atoms with Gasteiger partial charge in [0.05, 0.1) is 12.6 Å². The van der Waals surface area contributed by atoms with Crippen molar-refractivity contribution in [2.24, 2.45) is 0 Å². The Hall–Kier alpha value is -3.41. The average Bonchev–Trinajstić information content (AvgIpc) is 2.68. The summed E-state index contributed by atoms with van der Waals surface area (Å²) in [7, 11) is 1.23. The molecule has 0 spiro atoms. The molecule has 3 aromatic rings. The number of rotatable bonds is 5. The van der Waals surface area contributed by atoms with E-state index in [9.17, 15) is 14.4 Å². The number of carbonyl (C=O) groups is 2. The lowest BCUT2D eigenvalue weighted by Gasteiger charge is -2.13. The Bertz CT molecular complexity index is 1010. The molecule has 0 aliphatic rings. The fourth-order valence-electron chi connectivity index (χ4n) is 2.74. The predicted molar refractivity (Wildman–Crippen MR) is 98.1 cm³/mol. The lowest BCUT2D eigenvalue weighted by molar-refractivity contribution is -0.139. The van der Waals surface area contributed by atoms with Gasteiger partial charge in [0.1, 0.15) is 12.1 Å². The van der Waals surface area contributed by atoms with Crippen LogP contribution in [0.5, 0.6) is 0 Å². The number of aromatic nitrogens is 1. The van der Waals surface area contributed by atoms with Crippen LogP contribution in [0.2, 0.25) is 0 Å². The van der Waals surface area contributed by atoms with Crippen LogP contribution in [0.1, 0.15) is 15.9 Å². The molecule has 0 bridgehead atoms. The molecule has 0 aliphatic heterocycles. The number of fused-ring (bicyclic) bond motifs is 1. The second kappa shape index (κ2) is 7.65. The van der Waals surface area contributed by atoms with Gasteiger partial charge in [0.2, 0.25) is 5.43 Å². The van der Waals surface area contributed by atoms with Crippen LogP contribution >= 0.6 is 0 Å². The highest BCUT2D eigenvalue weighted by atomic mass is 16.5. The third kappa shape index (κ3) is 3.64. The first-order chi connectivity index (χ1) is 12.6. The van der Waals surface area contributed by atoms with E-state index in [2.05, 4.69) is 10.1 Å². The number of benzene rings is 2. The number of nitrogens with zero attached hydrogens (tertiary/aromatic N) is 1. The van der Waals surface area contributed by atoms with E-state index in [1.165, 1.54) is 13.3 Å². The lowest BCUT2D eigenvalue weighted by atomic mass is 10.1. The quantitative estimate of drug-likeness (QED) is 0.714. The van der Waals surface area contributed by atoms with Crippen LogP contribution in [0.25, 0.3) is 10.9 Å². The van der Waals surface area contributed by atoms with Crippen molar-refractivity contribution < 1.29 is 14.3 Å². The fraction of sp³-hybridized carbons (Fsp3) is 0.150. The summed E-state index contributed by atoms with van der Waals surface area (Å²) in [5.41, 5.74) is 1.41. The summed E-state index contributed by atoms with van der Waals surface area (Å²) in [5.74, 6) is -1.18. The van der Waals surface area contributed by atoms with Gasteiger partial charge in [-0.05, 0) is 17.7 Å². The second-order valence-electron chi connectivity index (χ2n) is 5.76. The summed E-state index contributed by atoms with van der Waals surface area (Å²) in [5, 5.41) is 2.87. The summed E-state index contributed by atoms with van der Waals surface area (Å²) in [4.78, 5) is 36.3. The Morgan fingerprint density at radius 1 is 1.04 bits per heavy atom. The van der Waals surface area contributed by atoms with Crippen molar-refractivity contribution in [3.63, 3.8) is 0 Å². The Labute approximate surface area is 150 Å². The summed E-state index contributed by atoms with van der Waals surface area (Å²) in [6, 6.07) is 16.9. The smallest absolute Gasteiger partial charge is 0.325 e. The van der Waals surface area contributed by atoms with E-state index in [0.29, 0.717) is 11.9 Å². The third-order valence-corrected chi connectivity index (χ3v) is 4.05. The molecular formula is C20H18N2O4. The van der Waals surface area contributed by atoms with E-state index >= 15 is 0 Å². The number of pyridine rings is 1. The Morgan fingerprint density at radius 2 is 1.73 bits per heavy atom. The summed E-state index contributed by atoms with van der Waals surface area (Å²) < 4.78 is 6.36. The zero-order valence-electron chi connectivity index (χ0n) is 14.3. The van der Waals surface area contributed by atoms with Gasteiger partial charge in [-0.25, -0.2) is 0 Å². The van der Waals surface area contributed by atoms with E-state index < -0.39 is 11.9 Å². The number of para-hydroxylation sites is 1. The summed E-state index contributed by atoms with van der Waals surface area (Å²) in [6.45, 7) is 0.221. The zero-order valence-corrected chi connectivity index (χ0v) is 14.3. The van der Waals surface area contributed by atoms with Crippen LogP contribution in [0, 0.1) is 0 Å². The lowest BCUT2D eigenvalue weighted by Crippen LogP contribution is -2.34. The molecule has 1 aromatic heterocycles. The van der Waals surface area contributed by atoms with Crippen molar-refractivity contribution in [3.05, 3.63) is 82.1 Å². The molecule has 1 heterocycles. The average molecular weight is 350 g/mol. The molecule has 26 heavy (non-hydrogen) atoms. The number of ether oxygens (including phenoxy) is 1. The molecule has 3 rings (SSSR count). The number of hydrogen-bond acceptors (Lipinski definition) is 4. The molecule has 0 unspecified atom stereocenters. The number of amides is 1. The maximum Gasteiger partial charge on any atom is 0.325 e. The molecule has 6 heteroatoms. The van der Waals surface area contributed by atoms with E-state index in [4.69, 9.17) is 0 Å². The standard InChI is InChI=1S/C20H18N2O4/c1-26-18(23)11-21-20(25)16-13-22(12-14-7-3-2-4-8-14)17-10-6-5-9-15(17)19(16)24/h2-10,13H,11-12H2,1H3,(H,21,25). The summed E-state index contributed by atoms with van der Waals surface area (Å²) in [6.07, 6.45) is 1.53. The number of methoxy groups -OCH3 is 1.